The molecule has 0 bridgehead atoms. The van der Waals surface area contributed by atoms with Gasteiger partial charge in [0.25, 0.3) is 11.8 Å². The van der Waals surface area contributed by atoms with Crippen LogP contribution >= 0.6 is 0 Å². The minimum atomic E-state index is -0.787. The van der Waals surface area contributed by atoms with Crippen molar-refractivity contribution in [2.45, 2.75) is 19.9 Å². The average Bonchev–Trinajstić information content (AvgIpc) is 3.05. The van der Waals surface area contributed by atoms with Gasteiger partial charge in [-0.05, 0) is 38.1 Å². The van der Waals surface area contributed by atoms with E-state index >= 15 is 0 Å². The van der Waals surface area contributed by atoms with Gasteiger partial charge in [0.1, 0.15) is 5.57 Å². The molecule has 0 spiro atoms. The smallest absolute Gasteiger partial charge is 0.336 e. The van der Waals surface area contributed by atoms with E-state index in [0.717, 1.165) is 21.4 Å². The van der Waals surface area contributed by atoms with E-state index in [2.05, 4.69) is 28.7 Å². The lowest BCUT2D eigenvalue weighted by Crippen LogP contribution is -2.54. The Morgan fingerprint density at radius 1 is 1.07 bits per heavy atom. The molecule has 1 aliphatic rings. The fraction of sp³-hybridized carbons (Fsp3) is 0.143. The fourth-order valence-corrected chi connectivity index (χ4v) is 3.31. The van der Waals surface area contributed by atoms with E-state index in [0.29, 0.717) is 5.69 Å². The molecule has 1 aromatic carbocycles. The highest BCUT2D eigenvalue weighted by Crippen LogP contribution is 2.28. The second-order valence-corrected chi connectivity index (χ2v) is 6.77. The van der Waals surface area contributed by atoms with Crippen LogP contribution in [0.2, 0.25) is 0 Å². The Balaban J connectivity index is 1.83. The van der Waals surface area contributed by atoms with Crippen LogP contribution in [-0.4, -0.2) is 27.4 Å². The first-order chi connectivity index (χ1) is 13.5. The van der Waals surface area contributed by atoms with Crippen molar-refractivity contribution < 1.29 is 14.4 Å². The van der Waals surface area contributed by atoms with E-state index in [1.807, 2.05) is 30.5 Å². The maximum atomic E-state index is 13.0. The van der Waals surface area contributed by atoms with Gasteiger partial charge in [-0.1, -0.05) is 18.2 Å². The lowest BCUT2D eigenvalue weighted by atomic mass is 10.1. The summed E-state index contributed by atoms with van der Waals surface area (Å²) in [4.78, 5) is 42.5. The van der Waals surface area contributed by atoms with Crippen molar-refractivity contribution in [2.75, 3.05) is 4.90 Å². The van der Waals surface area contributed by atoms with Gasteiger partial charge in [0.15, 0.2) is 0 Å². The number of benzene rings is 1. The zero-order valence-corrected chi connectivity index (χ0v) is 15.4. The van der Waals surface area contributed by atoms with Gasteiger partial charge in [-0.15, -0.1) is 0 Å². The number of anilines is 1. The highest BCUT2D eigenvalue weighted by atomic mass is 16.2. The second-order valence-electron chi connectivity index (χ2n) is 6.77. The molecule has 7 nitrogen and oxygen atoms in total. The van der Waals surface area contributed by atoms with Gasteiger partial charge >= 0.3 is 6.03 Å². The number of hydrogen-bond donors (Lipinski definition) is 1. The van der Waals surface area contributed by atoms with Crippen LogP contribution in [0.3, 0.4) is 0 Å². The molecular weight excluding hydrogens is 356 g/mol. The number of nitrogens with one attached hydrogen (secondary N) is 1. The van der Waals surface area contributed by atoms with Crippen LogP contribution in [0.15, 0.2) is 60.6 Å². The molecule has 1 saturated heterocycles. The standard InChI is InChI=1S/C21H18N4O3/c1-13(2)24-12-14(16-7-3-4-8-18(16)24)10-17-19(26)23-21(28)25(20(17)27)15-6-5-9-22-11-15/h3-13H,1-2H3,(H,23,26,28)/b17-10+. The predicted molar refractivity (Wildman–Crippen MR) is 106 cm³/mol. The lowest BCUT2D eigenvalue weighted by molar-refractivity contribution is -0.122. The van der Waals surface area contributed by atoms with Crippen molar-refractivity contribution in [3.63, 3.8) is 0 Å². The van der Waals surface area contributed by atoms with Crippen LogP contribution in [-0.2, 0) is 9.59 Å². The number of aromatic nitrogens is 2. The Morgan fingerprint density at radius 2 is 1.86 bits per heavy atom. The number of nitrogens with zero attached hydrogens (tertiary/aromatic N) is 3. The zero-order chi connectivity index (χ0) is 19.8. The predicted octanol–water partition coefficient (Wildman–Crippen LogP) is 3.28. The van der Waals surface area contributed by atoms with Crippen molar-refractivity contribution in [1.82, 2.24) is 14.9 Å². The van der Waals surface area contributed by atoms with Gasteiger partial charge in [0, 0.05) is 34.9 Å². The number of para-hydroxylation sites is 1. The first-order valence-electron chi connectivity index (χ1n) is 8.88. The van der Waals surface area contributed by atoms with Crippen LogP contribution in [0.5, 0.6) is 0 Å². The fourth-order valence-electron chi connectivity index (χ4n) is 3.31. The van der Waals surface area contributed by atoms with Crippen LogP contribution in [0.25, 0.3) is 17.0 Å². The normalized spacial score (nSPS) is 16.3. The molecule has 0 atom stereocenters. The zero-order valence-electron chi connectivity index (χ0n) is 15.4. The summed E-state index contributed by atoms with van der Waals surface area (Å²) in [7, 11) is 0. The van der Waals surface area contributed by atoms with Gasteiger partial charge in [0.2, 0.25) is 0 Å². The number of imide groups is 2. The number of rotatable bonds is 3. The molecule has 28 heavy (non-hydrogen) atoms. The molecule has 1 fully saturated rings. The highest BCUT2D eigenvalue weighted by molar-refractivity contribution is 6.39. The topological polar surface area (TPSA) is 84.3 Å². The number of amides is 4. The third-order valence-electron chi connectivity index (χ3n) is 4.63. The monoisotopic (exact) mass is 374 g/mol. The van der Waals surface area contributed by atoms with Gasteiger partial charge < -0.3 is 4.57 Å². The van der Waals surface area contributed by atoms with E-state index in [9.17, 15) is 14.4 Å². The van der Waals surface area contributed by atoms with Gasteiger partial charge in [-0.3, -0.25) is 19.9 Å². The summed E-state index contributed by atoms with van der Waals surface area (Å²) in [6, 6.07) is 10.4. The number of barbiturate groups is 1. The number of carbonyl (C=O) groups is 3. The maximum absolute atomic E-state index is 13.0. The number of hydrogen-bond acceptors (Lipinski definition) is 4. The summed E-state index contributed by atoms with van der Waals surface area (Å²) in [5, 5.41) is 3.16. The number of carbonyl (C=O) groups excluding carboxylic acids is 3. The molecule has 1 aliphatic heterocycles. The first kappa shape index (κ1) is 17.7. The molecule has 4 amide bonds. The average molecular weight is 374 g/mol. The SMILES string of the molecule is CC(C)n1cc(/C=C2\C(=O)NC(=O)N(c3cccnc3)C2=O)c2ccccc21. The minimum Gasteiger partial charge on any atom is -0.344 e. The second kappa shape index (κ2) is 6.77. The summed E-state index contributed by atoms with van der Waals surface area (Å²) in [6.45, 7) is 4.12. The van der Waals surface area contributed by atoms with Gasteiger partial charge in [-0.2, -0.15) is 0 Å². The number of fused-ring (bicyclic) bond motifs is 1. The lowest BCUT2D eigenvalue weighted by Gasteiger charge is -2.25. The molecule has 2 aromatic heterocycles. The van der Waals surface area contributed by atoms with Crippen LogP contribution in [0.4, 0.5) is 10.5 Å². The highest BCUT2D eigenvalue weighted by Gasteiger charge is 2.37. The summed E-state index contributed by atoms with van der Waals surface area (Å²) in [5.41, 5.74) is 1.94. The Labute approximate surface area is 161 Å². The van der Waals surface area contributed by atoms with Crippen molar-refractivity contribution in [3.05, 3.63) is 66.1 Å². The summed E-state index contributed by atoms with van der Waals surface area (Å²) in [5.74, 6) is -1.39. The number of urea groups is 1. The summed E-state index contributed by atoms with van der Waals surface area (Å²) < 4.78 is 2.08. The van der Waals surface area contributed by atoms with Crippen molar-refractivity contribution in [3.8, 4) is 0 Å². The Morgan fingerprint density at radius 3 is 2.57 bits per heavy atom. The largest absolute Gasteiger partial charge is 0.344 e. The molecule has 3 heterocycles. The van der Waals surface area contributed by atoms with Crippen LogP contribution in [0.1, 0.15) is 25.5 Å². The van der Waals surface area contributed by atoms with Crippen LogP contribution < -0.4 is 10.2 Å². The Kier molecular flexibility index (Phi) is 4.27. The minimum absolute atomic E-state index is 0.102. The van der Waals surface area contributed by atoms with Gasteiger partial charge in [-0.25, -0.2) is 9.69 Å². The van der Waals surface area contributed by atoms with Crippen molar-refractivity contribution >= 4 is 40.5 Å². The molecule has 7 heteroatoms. The molecule has 0 saturated carbocycles. The van der Waals surface area contributed by atoms with Gasteiger partial charge in [0.05, 0.1) is 11.9 Å². The summed E-state index contributed by atoms with van der Waals surface area (Å²) in [6.07, 6.45) is 6.39. The molecule has 3 aromatic rings. The quantitative estimate of drug-likeness (QED) is 0.563. The Hall–Kier alpha value is -3.74. The molecule has 1 N–H and O–H groups in total. The van der Waals surface area contributed by atoms with E-state index in [1.54, 1.807) is 18.3 Å². The van der Waals surface area contributed by atoms with E-state index in [1.165, 1.54) is 12.3 Å². The van der Waals surface area contributed by atoms with E-state index in [-0.39, 0.29) is 11.6 Å². The molecule has 0 unspecified atom stereocenters. The van der Waals surface area contributed by atoms with E-state index < -0.39 is 17.8 Å². The molecular formula is C21H18N4O3. The molecule has 140 valence electrons. The van der Waals surface area contributed by atoms with Crippen molar-refractivity contribution in [1.29, 1.82) is 0 Å². The third-order valence-corrected chi connectivity index (χ3v) is 4.63. The maximum Gasteiger partial charge on any atom is 0.336 e. The van der Waals surface area contributed by atoms with Crippen molar-refractivity contribution in [2.24, 2.45) is 0 Å². The Bertz CT molecular complexity index is 1130. The molecule has 0 aliphatic carbocycles. The summed E-state index contributed by atoms with van der Waals surface area (Å²) >= 11 is 0. The number of pyridine rings is 1. The third kappa shape index (κ3) is 2.87. The van der Waals surface area contributed by atoms with Crippen LogP contribution in [0, 0.1) is 0 Å². The first-order valence-corrected chi connectivity index (χ1v) is 8.88. The molecule has 4 rings (SSSR count). The molecule has 0 radical (unpaired) electrons. The van der Waals surface area contributed by atoms with E-state index in [4.69, 9.17) is 0 Å².